The second-order valence-electron chi connectivity index (χ2n) is 5.27. The van der Waals surface area contributed by atoms with Crippen LogP contribution in [-0.4, -0.2) is 24.4 Å². The van der Waals surface area contributed by atoms with E-state index < -0.39 is 4.92 Å². The van der Waals surface area contributed by atoms with Gasteiger partial charge in [0.25, 0.3) is 11.6 Å². The van der Waals surface area contributed by atoms with Gasteiger partial charge in [-0.05, 0) is 6.07 Å². The van der Waals surface area contributed by atoms with Crippen molar-refractivity contribution in [1.29, 1.82) is 0 Å². The highest BCUT2D eigenvalue weighted by atomic mass is 35.5. The lowest BCUT2D eigenvalue weighted by Gasteiger charge is -2.14. The zero-order chi connectivity index (χ0) is 16.8. The number of rotatable bonds is 6. The quantitative estimate of drug-likeness (QED) is 0.625. The average Bonchev–Trinajstić information content (AvgIpc) is 2.49. The molecule has 2 aromatic carbocycles. The van der Waals surface area contributed by atoms with Crippen LogP contribution in [0.15, 0.2) is 48.5 Å². The Morgan fingerprint density at radius 1 is 1.26 bits per heavy atom. The summed E-state index contributed by atoms with van der Waals surface area (Å²) in [6, 6.07) is 13.8. The fourth-order valence-electron chi connectivity index (χ4n) is 2.19. The van der Waals surface area contributed by atoms with Gasteiger partial charge in [-0.15, -0.1) is 0 Å². The molecule has 2 N–H and O–H groups in total. The summed E-state index contributed by atoms with van der Waals surface area (Å²) in [4.78, 5) is 23.2. The van der Waals surface area contributed by atoms with Crippen LogP contribution >= 0.6 is 11.6 Å². The fourth-order valence-corrected chi connectivity index (χ4v) is 2.42. The summed E-state index contributed by atoms with van der Waals surface area (Å²) in [5.41, 5.74) is 1.40. The Morgan fingerprint density at radius 3 is 2.57 bits per heavy atom. The van der Waals surface area contributed by atoms with Crippen LogP contribution in [-0.2, 0) is 11.3 Å². The average molecular weight is 335 g/mol. The standard InChI is InChI=1S/C16H16ClN3O3/c1-19(10-12-5-3-2-4-6-12)11-16(21)18-15-8-7-13(20(22)23)9-14(15)17/h2-9H,10-11H2,1H3,(H,18,21)/p+1. The Labute approximate surface area is 138 Å². The van der Waals surface area contributed by atoms with Crippen LogP contribution in [0.5, 0.6) is 0 Å². The van der Waals surface area contributed by atoms with Gasteiger partial charge in [0.05, 0.1) is 22.7 Å². The van der Waals surface area contributed by atoms with Crippen molar-refractivity contribution in [3.63, 3.8) is 0 Å². The molecule has 120 valence electrons. The summed E-state index contributed by atoms with van der Waals surface area (Å²) in [5.74, 6) is -0.200. The number of nitrogens with one attached hydrogen (secondary N) is 2. The number of anilines is 1. The third kappa shape index (κ3) is 5.05. The Kier molecular flexibility index (Phi) is 5.67. The summed E-state index contributed by atoms with van der Waals surface area (Å²) < 4.78 is 0. The van der Waals surface area contributed by atoms with Crippen LogP contribution in [0.2, 0.25) is 5.02 Å². The van der Waals surface area contributed by atoms with Crippen molar-refractivity contribution in [2.24, 2.45) is 0 Å². The Bertz CT molecular complexity index is 707. The highest BCUT2D eigenvalue weighted by molar-refractivity contribution is 6.33. The Hall–Kier alpha value is -2.44. The zero-order valence-electron chi connectivity index (χ0n) is 12.6. The summed E-state index contributed by atoms with van der Waals surface area (Å²) in [5, 5.41) is 13.5. The molecule has 1 unspecified atom stereocenters. The molecule has 1 atom stereocenters. The van der Waals surface area contributed by atoms with Crippen LogP contribution in [0.1, 0.15) is 5.56 Å². The lowest BCUT2D eigenvalue weighted by molar-refractivity contribution is -0.885. The molecule has 0 aromatic heterocycles. The van der Waals surface area contributed by atoms with Gasteiger partial charge in [-0.3, -0.25) is 14.9 Å². The third-order valence-corrected chi connectivity index (χ3v) is 3.56. The molecule has 0 bridgehead atoms. The van der Waals surface area contributed by atoms with Crippen molar-refractivity contribution >= 4 is 28.9 Å². The monoisotopic (exact) mass is 334 g/mol. The number of benzene rings is 2. The third-order valence-electron chi connectivity index (χ3n) is 3.25. The summed E-state index contributed by atoms with van der Waals surface area (Å²) in [7, 11) is 1.92. The first kappa shape index (κ1) is 16.9. The van der Waals surface area contributed by atoms with Gasteiger partial charge in [-0.2, -0.15) is 0 Å². The van der Waals surface area contributed by atoms with E-state index in [2.05, 4.69) is 5.32 Å². The lowest BCUT2D eigenvalue weighted by atomic mass is 10.2. The van der Waals surface area contributed by atoms with E-state index in [-0.39, 0.29) is 23.2 Å². The van der Waals surface area contributed by atoms with Crippen LogP contribution in [0.4, 0.5) is 11.4 Å². The maximum Gasteiger partial charge on any atom is 0.279 e. The molecular formula is C16H17ClN3O3+. The van der Waals surface area contributed by atoms with Gasteiger partial charge in [0.2, 0.25) is 0 Å². The molecule has 6 nitrogen and oxygen atoms in total. The van der Waals surface area contributed by atoms with E-state index >= 15 is 0 Å². The molecule has 23 heavy (non-hydrogen) atoms. The predicted molar refractivity (Wildman–Crippen MR) is 88.6 cm³/mol. The molecule has 1 amide bonds. The van der Waals surface area contributed by atoms with Gasteiger partial charge in [0.15, 0.2) is 6.54 Å². The van der Waals surface area contributed by atoms with E-state index in [1.807, 2.05) is 37.4 Å². The molecule has 0 aliphatic heterocycles. The van der Waals surface area contributed by atoms with Crippen molar-refractivity contribution in [1.82, 2.24) is 0 Å². The molecule has 0 aliphatic carbocycles. The molecule has 7 heteroatoms. The van der Waals surface area contributed by atoms with Crippen LogP contribution in [0.3, 0.4) is 0 Å². The van der Waals surface area contributed by atoms with Crippen LogP contribution < -0.4 is 10.2 Å². The second kappa shape index (κ2) is 7.71. The highest BCUT2D eigenvalue weighted by Crippen LogP contribution is 2.26. The van der Waals surface area contributed by atoms with Gasteiger partial charge >= 0.3 is 0 Å². The number of likely N-dealkylation sites (N-methyl/N-ethyl adjacent to an activating group) is 1. The molecule has 0 radical (unpaired) electrons. The van der Waals surface area contributed by atoms with Crippen molar-refractivity contribution in [2.45, 2.75) is 6.54 Å². The van der Waals surface area contributed by atoms with Gasteiger partial charge in [-0.1, -0.05) is 41.9 Å². The van der Waals surface area contributed by atoms with Crippen LogP contribution in [0.25, 0.3) is 0 Å². The number of nitro benzene ring substituents is 1. The van der Waals surface area contributed by atoms with Gasteiger partial charge in [-0.25, -0.2) is 0 Å². The first-order valence-electron chi connectivity index (χ1n) is 7.04. The summed E-state index contributed by atoms with van der Waals surface area (Å²) >= 11 is 5.96. The topological polar surface area (TPSA) is 76.7 Å². The lowest BCUT2D eigenvalue weighted by Crippen LogP contribution is -3.08. The zero-order valence-corrected chi connectivity index (χ0v) is 13.3. The minimum atomic E-state index is -0.532. The van der Waals surface area contributed by atoms with E-state index in [0.717, 1.165) is 17.0 Å². The number of hydrogen-bond acceptors (Lipinski definition) is 3. The predicted octanol–water partition coefficient (Wildman–Crippen LogP) is 1.90. The molecular weight excluding hydrogens is 318 g/mol. The van der Waals surface area contributed by atoms with E-state index in [1.165, 1.54) is 18.2 Å². The molecule has 0 saturated carbocycles. The van der Waals surface area contributed by atoms with Crippen molar-refractivity contribution < 1.29 is 14.6 Å². The first-order valence-corrected chi connectivity index (χ1v) is 7.42. The summed E-state index contributed by atoms with van der Waals surface area (Å²) in [6.07, 6.45) is 0. The van der Waals surface area contributed by atoms with Crippen molar-refractivity contribution in [3.05, 3.63) is 69.2 Å². The van der Waals surface area contributed by atoms with Gasteiger partial charge < -0.3 is 10.2 Å². The number of carbonyl (C=O) groups is 1. The number of nitrogens with zero attached hydrogens (tertiary/aromatic N) is 1. The Balaban J connectivity index is 1.93. The smallest absolute Gasteiger partial charge is 0.279 e. The SMILES string of the molecule is C[NH+](CC(=O)Nc1ccc([N+](=O)[O-])cc1Cl)Cc1ccccc1. The number of non-ortho nitro benzene ring substituents is 1. The molecule has 0 spiro atoms. The van der Waals surface area contributed by atoms with E-state index in [1.54, 1.807) is 0 Å². The second-order valence-corrected chi connectivity index (χ2v) is 5.67. The van der Waals surface area contributed by atoms with Gasteiger partial charge in [0, 0.05) is 17.7 Å². The molecule has 0 heterocycles. The number of nitro groups is 1. The van der Waals surface area contributed by atoms with Crippen LogP contribution in [0, 0.1) is 10.1 Å². The molecule has 0 aliphatic rings. The first-order chi connectivity index (χ1) is 11.0. The van der Waals surface area contributed by atoms with Gasteiger partial charge in [0.1, 0.15) is 6.54 Å². The number of carbonyl (C=O) groups excluding carboxylic acids is 1. The number of halogens is 1. The Morgan fingerprint density at radius 2 is 1.96 bits per heavy atom. The van der Waals surface area contributed by atoms with E-state index in [0.29, 0.717) is 5.69 Å². The largest absolute Gasteiger partial charge is 0.326 e. The van der Waals surface area contributed by atoms with Crippen molar-refractivity contribution in [2.75, 3.05) is 18.9 Å². The molecule has 2 rings (SSSR count). The number of amides is 1. The maximum absolute atomic E-state index is 12.1. The number of hydrogen-bond donors (Lipinski definition) is 2. The fraction of sp³-hybridized carbons (Fsp3) is 0.188. The molecule has 0 saturated heterocycles. The van der Waals surface area contributed by atoms with E-state index in [4.69, 9.17) is 11.6 Å². The molecule has 0 fully saturated rings. The minimum absolute atomic E-state index is 0.111. The number of quaternary nitrogens is 1. The summed E-state index contributed by atoms with van der Waals surface area (Å²) in [6.45, 7) is 0.991. The molecule has 2 aromatic rings. The normalized spacial score (nSPS) is 11.7. The maximum atomic E-state index is 12.1. The minimum Gasteiger partial charge on any atom is -0.326 e. The van der Waals surface area contributed by atoms with E-state index in [9.17, 15) is 14.9 Å². The highest BCUT2D eigenvalue weighted by Gasteiger charge is 2.14. The van der Waals surface area contributed by atoms with Crippen molar-refractivity contribution in [3.8, 4) is 0 Å².